The number of H-pyrrole nitrogens is 1. The van der Waals surface area contributed by atoms with Crippen molar-refractivity contribution in [2.75, 3.05) is 24.8 Å². The van der Waals surface area contributed by atoms with E-state index in [1.165, 1.54) is 16.0 Å². The number of benzene rings is 3. The number of nitrogens with one attached hydrogen (secondary N) is 3. The number of fused-ring (bicyclic) bond motifs is 3. The number of ketones is 2. The van der Waals surface area contributed by atoms with Crippen molar-refractivity contribution in [3.8, 4) is 12.3 Å². The third-order valence-electron chi connectivity index (χ3n) is 19.0. The summed E-state index contributed by atoms with van der Waals surface area (Å²) < 4.78 is 12.2. The molecule has 1 aliphatic carbocycles. The fourth-order valence-corrected chi connectivity index (χ4v) is 15.0. The van der Waals surface area contributed by atoms with Gasteiger partial charge in [-0.1, -0.05) is 49.1 Å². The maximum Gasteiger partial charge on any atom is 0.255 e. The van der Waals surface area contributed by atoms with Gasteiger partial charge in [0.05, 0.1) is 63.3 Å². The number of unbranched alkanes of at least 4 members (excludes halogenated alkanes) is 7. The van der Waals surface area contributed by atoms with Crippen molar-refractivity contribution >= 4 is 167 Å². The lowest BCUT2D eigenvalue weighted by Gasteiger charge is -2.29. The Kier molecular flexibility index (Phi) is 37.5. The Morgan fingerprint density at radius 1 is 0.518 bits per heavy atom. The van der Waals surface area contributed by atoms with Crippen LogP contribution in [-0.4, -0.2) is 171 Å². The number of aliphatic hydroxyl groups is 2. The Morgan fingerprint density at radius 2 is 0.955 bits per heavy atom. The van der Waals surface area contributed by atoms with Gasteiger partial charge >= 0.3 is 0 Å². The van der Waals surface area contributed by atoms with Crippen molar-refractivity contribution in [3.05, 3.63) is 181 Å². The van der Waals surface area contributed by atoms with E-state index in [1.807, 2.05) is 92.6 Å². The van der Waals surface area contributed by atoms with Crippen LogP contribution in [0.15, 0.2) is 117 Å². The number of nitrogens with two attached hydrogens (primary N) is 1. The molecule has 28 nitrogen and oxygen atoms in total. The number of Topliss-reactive ketones (excluding diaryl/α,β-unsaturated/α-hetero) is 2. The molecule has 5 aromatic heterocycles. The lowest BCUT2D eigenvalue weighted by molar-refractivity contribution is -0.138. The van der Waals surface area contributed by atoms with Crippen LogP contribution < -0.4 is 16.4 Å². The third-order valence-corrected chi connectivity index (χ3v) is 21.5. The number of amides is 7. The zero-order chi connectivity index (χ0) is 80.5. The molecule has 8 aromatic rings. The molecule has 7 N–H and O–H groups in total. The fraction of sp³-hybridized carbons (Fsp3) is 0.430. The summed E-state index contributed by atoms with van der Waals surface area (Å²) in [6.07, 6.45) is 40.3. The van der Waals surface area contributed by atoms with Crippen LogP contribution in [-0.2, 0) is 92.2 Å². The number of rotatable bonds is 26. The summed E-state index contributed by atoms with van der Waals surface area (Å²) in [5, 5.41) is 44.4. The average Bonchev–Trinajstić information content (AvgIpc) is 1.64. The first-order valence-electron chi connectivity index (χ1n) is 37.3. The molecular weight excluding hydrogens is 1910 g/mol. The van der Waals surface area contributed by atoms with Crippen molar-refractivity contribution in [1.82, 2.24) is 74.7 Å². The van der Waals surface area contributed by atoms with E-state index in [0.29, 0.717) is 80.0 Å². The van der Waals surface area contributed by atoms with Crippen LogP contribution in [0.25, 0.3) is 0 Å². The number of carbonyl (C=O) groups excluding carboxylic acids is 10. The van der Waals surface area contributed by atoms with Crippen molar-refractivity contribution in [1.29, 1.82) is 0 Å². The molecule has 3 aromatic carbocycles. The summed E-state index contributed by atoms with van der Waals surface area (Å²) >= 11 is 14.1. The number of piperidine rings is 2. The van der Waals surface area contributed by atoms with Gasteiger partial charge in [0, 0.05) is 150 Å². The van der Waals surface area contributed by atoms with Crippen LogP contribution in [0.4, 0.5) is 5.69 Å². The third kappa shape index (κ3) is 27.3. The van der Waals surface area contributed by atoms with Gasteiger partial charge in [-0.05, 0) is 227 Å². The number of carbonyl (C=O) groups is 10. The second-order valence-corrected chi connectivity index (χ2v) is 32.4. The van der Waals surface area contributed by atoms with E-state index in [4.69, 9.17) is 34.0 Å². The number of aryl methyl sites for hydroxylation is 6. The van der Waals surface area contributed by atoms with Crippen LogP contribution in [0.2, 0.25) is 0 Å². The number of aromatic nitrogens is 10. The molecule has 0 radical (unpaired) electrons. The lowest BCUT2D eigenvalue weighted by Crippen LogP contribution is -2.52. The zero-order valence-electron chi connectivity index (χ0n) is 62.1. The highest BCUT2D eigenvalue weighted by Gasteiger charge is 2.42. The van der Waals surface area contributed by atoms with Gasteiger partial charge in [0.2, 0.25) is 23.6 Å². The molecule has 14 rings (SSSR count). The summed E-state index contributed by atoms with van der Waals surface area (Å²) in [6.45, 7) is 5.28. The average molecular weight is 2000 g/mol. The van der Waals surface area contributed by atoms with Crippen LogP contribution in [0.3, 0.4) is 0 Å². The Balaban J connectivity index is 0.000000177. The van der Waals surface area contributed by atoms with Gasteiger partial charge in [-0.15, -0.1) is 18.0 Å². The summed E-state index contributed by atoms with van der Waals surface area (Å²) in [5.74, 6) is 1.39. The topological polar surface area (TPSA) is 371 Å². The highest BCUT2D eigenvalue weighted by atomic mass is 127. The molecule has 112 heavy (non-hydrogen) atoms. The molecule has 33 heteroatoms. The number of aldehydes is 1. The highest BCUT2D eigenvalue weighted by Crippen LogP contribution is 2.34. The highest BCUT2D eigenvalue weighted by molar-refractivity contribution is 14.1. The zero-order valence-corrected chi connectivity index (χ0v) is 71.5. The molecule has 5 aliphatic heterocycles. The summed E-state index contributed by atoms with van der Waals surface area (Å²) in [7, 11) is 0. The number of alkyl halides is 1. The van der Waals surface area contributed by atoms with E-state index in [0.717, 1.165) is 152 Å². The molecule has 3 atom stereocenters. The number of terminal acetylenes is 1. The number of anilines is 1. The minimum absolute atomic E-state index is 0.0216. The van der Waals surface area contributed by atoms with Gasteiger partial charge in [-0.25, -0.2) is 0 Å². The number of halogens is 5. The predicted molar refractivity (Wildman–Crippen MR) is 453 cm³/mol. The second kappa shape index (κ2) is 46.9. The van der Waals surface area contributed by atoms with Crippen LogP contribution >= 0.6 is 102 Å². The van der Waals surface area contributed by atoms with E-state index in [9.17, 15) is 47.9 Å². The second-order valence-electron chi connectivity index (χ2n) is 27.0. The van der Waals surface area contributed by atoms with E-state index < -0.39 is 24.0 Å². The summed E-state index contributed by atoms with van der Waals surface area (Å²) in [6, 6.07) is 15.3. The number of hydrogen-bond donors (Lipinski definition) is 6. The van der Waals surface area contributed by atoms with Gasteiger partial charge in [-0.2, -0.15) is 25.5 Å². The molecule has 2 saturated heterocycles. The van der Waals surface area contributed by atoms with E-state index in [1.54, 1.807) is 40.4 Å². The Hall–Kier alpha value is -8.10. The van der Waals surface area contributed by atoms with E-state index in [-0.39, 0.29) is 79.5 Å². The summed E-state index contributed by atoms with van der Waals surface area (Å²) in [5.41, 5.74) is 14.3. The number of hydrogen-bond acceptors (Lipinski definition) is 18. The number of nitrogen functional groups attached to an aromatic ring is 1. The van der Waals surface area contributed by atoms with E-state index in [2.05, 4.69) is 150 Å². The maximum atomic E-state index is 12.9. The molecule has 3 fully saturated rings. The first-order valence-corrected chi connectivity index (χ1v) is 42.1. The smallest absolute Gasteiger partial charge is 0.255 e. The monoisotopic (exact) mass is 2000 g/mol. The first-order chi connectivity index (χ1) is 54.1. The van der Waals surface area contributed by atoms with Crippen molar-refractivity contribution in [2.45, 2.75) is 199 Å². The Morgan fingerprint density at radius 3 is 1.35 bits per heavy atom. The molecule has 10 heterocycles. The fourth-order valence-electron chi connectivity index (χ4n) is 13.2. The minimum atomic E-state index is -0.586. The number of nitrogens with zero attached hydrogens (tertiary/aromatic N) is 12. The Bertz CT molecular complexity index is 4530. The van der Waals surface area contributed by atoms with Crippen molar-refractivity contribution < 1.29 is 58.2 Å². The van der Waals surface area contributed by atoms with Gasteiger partial charge in [0.1, 0.15) is 24.2 Å². The van der Waals surface area contributed by atoms with Gasteiger partial charge in [0.15, 0.2) is 5.78 Å². The predicted octanol–water partition coefficient (Wildman–Crippen LogP) is 10.4. The molecule has 1 saturated carbocycles. The number of aliphatic hydroxyl groups excluding tert-OH is 2. The molecule has 0 bridgehead atoms. The van der Waals surface area contributed by atoms with Gasteiger partial charge in [-0.3, -0.25) is 77.6 Å². The number of imide groups is 2. The number of aromatic amines is 1. The first kappa shape index (κ1) is 89.5. The molecule has 6 aliphatic rings. The quantitative estimate of drug-likeness (QED) is 0.00429. The minimum Gasteiger partial charge on any atom is -0.398 e. The molecule has 596 valence electrons. The van der Waals surface area contributed by atoms with Crippen LogP contribution in [0, 0.1) is 26.6 Å². The molecule has 7 amide bonds. The summed E-state index contributed by atoms with van der Waals surface area (Å²) in [4.78, 5) is 123. The van der Waals surface area contributed by atoms with Crippen molar-refractivity contribution in [2.24, 2.45) is 0 Å². The van der Waals surface area contributed by atoms with Gasteiger partial charge < -0.3 is 35.4 Å². The molecular formula is C79H93ClI4N16O12. The van der Waals surface area contributed by atoms with Crippen LogP contribution in [0.5, 0.6) is 0 Å². The molecule has 0 spiro atoms. The SMILES string of the molecule is C#Cc1cnn(CCCCCc2cccc3c2CN(C2CCC(=O)CC2=O)C3=O)c1.Ic1cn[nH]c1.Nc1cccc2c1CN(C1CCC(=O)NC1=O)C2=O.O=C1CCC(N2Cc3c(CCCCCn4cc(I)cn4)cccc3C2=O)C(=O)N1.O=CCCCn1cc(I)cn1.OCCCCCl.OCCCCn1cc(I)cn1. The standard InChI is InChI=1S/C24H25N3O3.C21H23IN4O3.C13H13N3O3.C7H11IN2O.C7H9IN2O.C4H9ClO.C3H3IN2/c1-2-17-14-25-26(15-17)12-5-3-4-7-18-8-6-9-20-21(18)16-27(24(20)30)22-11-10-19(28)13-23(22)29;22-15-11-23-25(12-15)10-3-1-2-5-14-6-4-7-16-17(14)13-26(21(16)29)18-8-9-19(27)24-20(18)28;14-9-3-1-2-7-8(9)6-16(13(7)19)10-4-5-11(17)15-12(10)18;2*8-7-5-9-10(6-7)3-1-2-4-11;5-3-1-2-4-6;4-3-1-5-6-2-3/h1,6,8-9,14-15,22H,3-5,7,10-13,16H2;4,6-7,11-12,18H,1-3,5,8-10,13H2,(H,24,27,28);1-3,10H,4-6,14H2,(H,15,17,18);5-6,11H,1-4H2;4-6H,1-3H2;6H,1-4H2;1-2H,(H,5,6). The van der Waals surface area contributed by atoms with Crippen LogP contribution in [0.1, 0.15) is 186 Å². The molecule has 3 unspecified atom stereocenters. The van der Waals surface area contributed by atoms with Gasteiger partial charge in [0.25, 0.3) is 17.7 Å². The lowest BCUT2D eigenvalue weighted by atomic mass is 9.92. The normalized spacial score (nSPS) is 16.6. The van der Waals surface area contributed by atoms with E-state index >= 15 is 0 Å². The van der Waals surface area contributed by atoms with Crippen molar-refractivity contribution in [3.63, 3.8) is 0 Å². The maximum absolute atomic E-state index is 12.9. The largest absolute Gasteiger partial charge is 0.398 e. The Labute approximate surface area is 710 Å².